The lowest BCUT2D eigenvalue weighted by Crippen LogP contribution is -2.26. The number of aliphatic imine (C=N–C) groups is 2. The Morgan fingerprint density at radius 2 is 1.94 bits per heavy atom. The van der Waals surface area contributed by atoms with Crippen molar-refractivity contribution >= 4 is 40.4 Å². The molecule has 3 rings (SSSR count). The highest BCUT2D eigenvalue weighted by Gasteiger charge is 2.24. The maximum atomic E-state index is 6.16. The van der Waals surface area contributed by atoms with Gasteiger partial charge in [-0.3, -0.25) is 0 Å². The van der Waals surface area contributed by atoms with Gasteiger partial charge in [0.2, 0.25) is 0 Å². The van der Waals surface area contributed by atoms with Crippen molar-refractivity contribution < 1.29 is 0 Å². The number of fused-ring (bicyclic) bond motifs is 1. The molecule has 0 saturated carbocycles. The van der Waals surface area contributed by atoms with Gasteiger partial charge in [-0.05, 0) is 18.2 Å². The van der Waals surface area contributed by atoms with Crippen LogP contribution in [0.1, 0.15) is 5.56 Å². The lowest BCUT2D eigenvalue weighted by Gasteiger charge is -2.20. The summed E-state index contributed by atoms with van der Waals surface area (Å²) < 4.78 is 0. The second-order valence-corrected chi connectivity index (χ2v) is 4.84. The Bertz CT molecular complexity index is 641. The summed E-state index contributed by atoms with van der Waals surface area (Å²) in [6.45, 7) is 0. The molecule has 0 radical (unpaired) electrons. The summed E-state index contributed by atoms with van der Waals surface area (Å²) in [7, 11) is 0. The molecule has 4 heteroatoms. The van der Waals surface area contributed by atoms with Crippen LogP contribution in [0, 0.1) is 5.92 Å². The topological polar surface area (TPSA) is 24.7 Å². The van der Waals surface area contributed by atoms with E-state index in [-0.39, 0.29) is 5.92 Å². The molecule has 1 aromatic rings. The van der Waals surface area contributed by atoms with Crippen LogP contribution in [-0.2, 0) is 0 Å². The van der Waals surface area contributed by atoms with E-state index in [1.807, 2.05) is 48.6 Å². The van der Waals surface area contributed by atoms with E-state index in [1.165, 1.54) is 0 Å². The fraction of sp³-hybridized carbons (Fsp3) is 0.0714. The summed E-state index contributed by atoms with van der Waals surface area (Å²) in [5.41, 5.74) is 1.74. The summed E-state index contributed by atoms with van der Waals surface area (Å²) in [6.07, 6.45) is 7.88. The number of thiocarbonyl (C=S) groups is 1. The van der Waals surface area contributed by atoms with Crippen molar-refractivity contribution in [3.63, 3.8) is 0 Å². The molecule has 2 aliphatic rings. The second kappa shape index (κ2) is 4.59. The number of allylic oxidation sites excluding steroid dienone is 3. The van der Waals surface area contributed by atoms with Gasteiger partial charge in [0.1, 0.15) is 4.99 Å². The molecule has 1 aliphatic heterocycles. The van der Waals surface area contributed by atoms with Crippen molar-refractivity contribution in [3.05, 3.63) is 59.2 Å². The fourth-order valence-electron chi connectivity index (χ4n) is 1.93. The van der Waals surface area contributed by atoms with Gasteiger partial charge in [-0.15, -0.1) is 0 Å². The summed E-state index contributed by atoms with van der Waals surface area (Å²) in [5, 5.41) is 0.636. The van der Waals surface area contributed by atoms with Crippen LogP contribution < -0.4 is 0 Å². The van der Waals surface area contributed by atoms with Crippen LogP contribution >= 0.6 is 23.8 Å². The molecule has 0 amide bonds. The van der Waals surface area contributed by atoms with Crippen molar-refractivity contribution in [2.24, 2.45) is 15.9 Å². The largest absolute Gasteiger partial charge is 0.232 e. The predicted octanol–water partition coefficient (Wildman–Crippen LogP) is 3.61. The van der Waals surface area contributed by atoms with Gasteiger partial charge in [0.05, 0.1) is 16.7 Å². The molecule has 1 aromatic carbocycles. The van der Waals surface area contributed by atoms with Crippen molar-refractivity contribution in [1.82, 2.24) is 0 Å². The number of benzene rings is 1. The quantitative estimate of drug-likeness (QED) is 0.717. The molecule has 1 unspecified atom stereocenters. The van der Waals surface area contributed by atoms with E-state index in [0.717, 1.165) is 11.3 Å². The third kappa shape index (κ3) is 1.96. The number of hydrogen-bond donors (Lipinski definition) is 0. The molecule has 2 nitrogen and oxygen atoms in total. The van der Waals surface area contributed by atoms with Crippen LogP contribution in [0.25, 0.3) is 0 Å². The van der Waals surface area contributed by atoms with E-state index >= 15 is 0 Å². The van der Waals surface area contributed by atoms with E-state index in [9.17, 15) is 0 Å². The van der Waals surface area contributed by atoms with E-state index in [0.29, 0.717) is 15.8 Å². The maximum Gasteiger partial charge on any atom is 0.162 e. The molecule has 0 bridgehead atoms. The van der Waals surface area contributed by atoms with Gasteiger partial charge in [-0.1, -0.05) is 54.2 Å². The summed E-state index contributed by atoms with van der Waals surface area (Å²) in [5.74, 6) is 0.619. The van der Waals surface area contributed by atoms with Crippen LogP contribution in [-0.4, -0.2) is 16.5 Å². The molecule has 0 aromatic heterocycles. The lowest BCUT2D eigenvalue weighted by molar-refractivity contribution is 1.17. The van der Waals surface area contributed by atoms with Crippen molar-refractivity contribution in [1.29, 1.82) is 0 Å². The zero-order valence-electron chi connectivity index (χ0n) is 9.38. The third-order valence-corrected chi connectivity index (χ3v) is 3.51. The van der Waals surface area contributed by atoms with Gasteiger partial charge in [0.15, 0.2) is 5.84 Å². The molecule has 0 saturated heterocycles. The zero-order valence-corrected chi connectivity index (χ0v) is 10.9. The Kier molecular flexibility index (Phi) is 2.94. The Labute approximate surface area is 115 Å². The molecular formula is C14H9ClN2S. The Balaban J connectivity index is 2.08. The molecule has 1 atom stereocenters. The minimum absolute atomic E-state index is 0.0243. The highest BCUT2D eigenvalue weighted by Crippen LogP contribution is 2.23. The standard InChI is InChI=1S/C14H9ClN2S/c15-11-7-3-1-5-9(11)13-16-12-8-4-2-6-10(12)14(18)17-13/h1-8,10H. The first-order chi connectivity index (χ1) is 8.75. The smallest absolute Gasteiger partial charge is 0.162 e. The van der Waals surface area contributed by atoms with E-state index in [2.05, 4.69) is 9.98 Å². The SMILES string of the molecule is S=C1N=C(c2ccccc2Cl)N=C2C=CC=CC12. The maximum absolute atomic E-state index is 6.16. The lowest BCUT2D eigenvalue weighted by atomic mass is 9.97. The Morgan fingerprint density at radius 3 is 2.78 bits per heavy atom. The first-order valence-corrected chi connectivity index (χ1v) is 6.35. The molecule has 0 fully saturated rings. The van der Waals surface area contributed by atoms with Gasteiger partial charge in [-0.2, -0.15) is 0 Å². The van der Waals surface area contributed by atoms with Crippen LogP contribution in [0.15, 0.2) is 58.6 Å². The molecule has 1 heterocycles. The number of nitrogens with zero attached hydrogens (tertiary/aromatic N) is 2. The summed E-state index contributed by atoms with van der Waals surface area (Å²) in [4.78, 5) is 9.57. The Morgan fingerprint density at radius 1 is 1.11 bits per heavy atom. The number of hydrogen-bond acceptors (Lipinski definition) is 2. The highest BCUT2D eigenvalue weighted by atomic mass is 35.5. The molecule has 0 spiro atoms. The zero-order chi connectivity index (χ0) is 12.5. The highest BCUT2D eigenvalue weighted by molar-refractivity contribution is 7.80. The fourth-order valence-corrected chi connectivity index (χ4v) is 2.44. The number of amidine groups is 1. The average molecular weight is 273 g/mol. The van der Waals surface area contributed by atoms with Gasteiger partial charge < -0.3 is 0 Å². The molecule has 1 aliphatic carbocycles. The van der Waals surface area contributed by atoms with Gasteiger partial charge in [-0.25, -0.2) is 9.98 Å². The van der Waals surface area contributed by atoms with Crippen LogP contribution in [0.4, 0.5) is 0 Å². The van der Waals surface area contributed by atoms with Gasteiger partial charge in [0.25, 0.3) is 0 Å². The molecule has 88 valence electrons. The van der Waals surface area contributed by atoms with E-state index in [1.54, 1.807) is 0 Å². The first kappa shape index (κ1) is 11.5. The molecular weight excluding hydrogens is 264 g/mol. The van der Waals surface area contributed by atoms with Gasteiger partial charge in [0, 0.05) is 5.56 Å². The normalized spacial score (nSPS) is 21.4. The molecule has 0 N–H and O–H groups in total. The van der Waals surface area contributed by atoms with Crippen LogP contribution in [0.3, 0.4) is 0 Å². The second-order valence-electron chi connectivity index (χ2n) is 4.01. The summed E-state index contributed by atoms with van der Waals surface area (Å²) in [6, 6.07) is 7.52. The summed E-state index contributed by atoms with van der Waals surface area (Å²) >= 11 is 11.5. The monoisotopic (exact) mass is 272 g/mol. The minimum Gasteiger partial charge on any atom is -0.232 e. The van der Waals surface area contributed by atoms with E-state index < -0.39 is 0 Å². The van der Waals surface area contributed by atoms with Crippen molar-refractivity contribution in [2.45, 2.75) is 0 Å². The Hall–Kier alpha value is -1.58. The van der Waals surface area contributed by atoms with Gasteiger partial charge >= 0.3 is 0 Å². The predicted molar refractivity (Wildman–Crippen MR) is 79.8 cm³/mol. The van der Waals surface area contributed by atoms with E-state index in [4.69, 9.17) is 23.8 Å². The van der Waals surface area contributed by atoms with Crippen LogP contribution in [0.2, 0.25) is 5.02 Å². The first-order valence-electron chi connectivity index (χ1n) is 5.56. The molecule has 18 heavy (non-hydrogen) atoms. The van der Waals surface area contributed by atoms with Crippen molar-refractivity contribution in [2.75, 3.05) is 0 Å². The number of rotatable bonds is 1. The van der Waals surface area contributed by atoms with Crippen LogP contribution in [0.5, 0.6) is 0 Å². The average Bonchev–Trinajstić information content (AvgIpc) is 2.39. The number of halogens is 1. The van der Waals surface area contributed by atoms with Crippen molar-refractivity contribution in [3.8, 4) is 0 Å². The minimum atomic E-state index is 0.0243. The third-order valence-electron chi connectivity index (χ3n) is 2.83.